The standard InChI is InChI=1S/C22H26N2O/c23-15-7-8-16-24-17-13-21(14-18-24)25-22(19-9-3-1-4-10-19)20-11-5-2-6-12-20/h1-6,9-12,21-22H,7-8,13-14,16-18H2. The first-order chi connectivity index (χ1) is 12.4. The molecule has 2 aromatic carbocycles. The molecule has 0 radical (unpaired) electrons. The molecule has 1 aliphatic rings. The molecule has 3 rings (SSSR count). The SMILES string of the molecule is N#CCCCN1CCC(OC(c2ccccc2)c2ccccc2)CC1. The van der Waals surface area contributed by atoms with Gasteiger partial charge in [-0.2, -0.15) is 5.26 Å². The van der Waals surface area contributed by atoms with Crippen molar-refractivity contribution in [1.29, 1.82) is 5.26 Å². The number of unbranched alkanes of at least 4 members (excludes halogenated alkanes) is 1. The van der Waals surface area contributed by atoms with E-state index in [0.29, 0.717) is 6.42 Å². The van der Waals surface area contributed by atoms with E-state index in [9.17, 15) is 0 Å². The Labute approximate surface area is 150 Å². The second-order valence-corrected chi connectivity index (χ2v) is 6.64. The lowest BCUT2D eigenvalue weighted by Gasteiger charge is -2.34. The number of hydrogen-bond acceptors (Lipinski definition) is 3. The Balaban J connectivity index is 1.61. The van der Waals surface area contributed by atoms with Crippen molar-refractivity contribution < 1.29 is 4.74 Å². The summed E-state index contributed by atoms with van der Waals surface area (Å²) in [6.07, 6.45) is 4.03. The molecule has 130 valence electrons. The van der Waals surface area contributed by atoms with E-state index in [0.717, 1.165) is 38.9 Å². The van der Waals surface area contributed by atoms with Gasteiger partial charge in [0.25, 0.3) is 0 Å². The van der Waals surface area contributed by atoms with Gasteiger partial charge in [-0.15, -0.1) is 0 Å². The molecule has 0 atom stereocenters. The maximum Gasteiger partial charge on any atom is 0.108 e. The number of likely N-dealkylation sites (tertiary alicyclic amines) is 1. The zero-order chi connectivity index (χ0) is 17.3. The topological polar surface area (TPSA) is 36.3 Å². The van der Waals surface area contributed by atoms with E-state index >= 15 is 0 Å². The van der Waals surface area contributed by atoms with E-state index in [-0.39, 0.29) is 12.2 Å². The molecular weight excluding hydrogens is 308 g/mol. The Bertz CT molecular complexity index is 618. The largest absolute Gasteiger partial charge is 0.365 e. The number of hydrogen-bond donors (Lipinski definition) is 0. The lowest BCUT2D eigenvalue weighted by atomic mass is 10.00. The van der Waals surface area contributed by atoms with Crippen LogP contribution in [0.4, 0.5) is 0 Å². The maximum absolute atomic E-state index is 8.66. The summed E-state index contributed by atoms with van der Waals surface area (Å²) in [4.78, 5) is 2.46. The third kappa shape index (κ3) is 5.16. The van der Waals surface area contributed by atoms with Crippen LogP contribution < -0.4 is 0 Å². The van der Waals surface area contributed by atoms with Gasteiger partial charge in [0.1, 0.15) is 6.10 Å². The summed E-state index contributed by atoms with van der Waals surface area (Å²) in [5.74, 6) is 0. The normalized spacial score (nSPS) is 16.0. The number of nitriles is 1. The van der Waals surface area contributed by atoms with Crippen molar-refractivity contribution in [2.75, 3.05) is 19.6 Å². The van der Waals surface area contributed by atoms with Crippen molar-refractivity contribution in [2.45, 2.75) is 37.9 Å². The second-order valence-electron chi connectivity index (χ2n) is 6.64. The minimum Gasteiger partial charge on any atom is -0.365 e. The van der Waals surface area contributed by atoms with Crippen LogP contribution in [-0.4, -0.2) is 30.6 Å². The maximum atomic E-state index is 8.66. The highest BCUT2D eigenvalue weighted by Gasteiger charge is 2.24. The number of nitrogens with zero attached hydrogens (tertiary/aromatic N) is 2. The molecule has 1 heterocycles. The molecule has 1 fully saturated rings. The van der Waals surface area contributed by atoms with E-state index in [1.54, 1.807) is 0 Å². The van der Waals surface area contributed by atoms with E-state index in [1.807, 2.05) is 12.1 Å². The van der Waals surface area contributed by atoms with Gasteiger partial charge >= 0.3 is 0 Å². The summed E-state index contributed by atoms with van der Waals surface area (Å²) in [7, 11) is 0. The first-order valence-electron chi connectivity index (χ1n) is 9.21. The van der Waals surface area contributed by atoms with E-state index in [2.05, 4.69) is 59.5 Å². The average molecular weight is 334 g/mol. The molecule has 0 saturated carbocycles. The highest BCUT2D eigenvalue weighted by molar-refractivity contribution is 5.30. The molecule has 1 saturated heterocycles. The molecule has 0 aliphatic carbocycles. The minimum atomic E-state index is -0.00228. The molecule has 0 unspecified atom stereocenters. The van der Waals surface area contributed by atoms with E-state index in [1.165, 1.54) is 11.1 Å². The summed E-state index contributed by atoms with van der Waals surface area (Å²) in [6.45, 7) is 3.15. The first-order valence-corrected chi connectivity index (χ1v) is 9.21. The van der Waals surface area contributed by atoms with Crippen LogP contribution in [0.2, 0.25) is 0 Å². The first kappa shape index (κ1) is 17.7. The predicted molar refractivity (Wildman–Crippen MR) is 100 cm³/mol. The Morgan fingerprint density at radius 1 is 0.960 bits per heavy atom. The lowest BCUT2D eigenvalue weighted by Crippen LogP contribution is -2.38. The Morgan fingerprint density at radius 2 is 1.52 bits per heavy atom. The number of benzene rings is 2. The molecule has 0 N–H and O–H groups in total. The quantitative estimate of drug-likeness (QED) is 0.696. The molecule has 0 amide bonds. The van der Waals surface area contributed by atoms with Gasteiger partial charge < -0.3 is 9.64 Å². The highest BCUT2D eigenvalue weighted by atomic mass is 16.5. The molecule has 2 aromatic rings. The zero-order valence-electron chi connectivity index (χ0n) is 14.7. The Morgan fingerprint density at radius 3 is 2.04 bits per heavy atom. The van der Waals surface area contributed by atoms with Crippen molar-refractivity contribution in [3.8, 4) is 6.07 Å². The lowest BCUT2D eigenvalue weighted by molar-refractivity contribution is -0.0269. The van der Waals surface area contributed by atoms with Crippen LogP contribution in [0.15, 0.2) is 60.7 Å². The van der Waals surface area contributed by atoms with Crippen LogP contribution in [0.5, 0.6) is 0 Å². The fourth-order valence-corrected chi connectivity index (χ4v) is 3.45. The van der Waals surface area contributed by atoms with Crippen molar-refractivity contribution in [1.82, 2.24) is 4.90 Å². The minimum absolute atomic E-state index is 0.00228. The molecule has 0 aromatic heterocycles. The van der Waals surface area contributed by atoms with E-state index < -0.39 is 0 Å². The van der Waals surface area contributed by atoms with E-state index in [4.69, 9.17) is 10.00 Å². The number of rotatable bonds is 7. The highest BCUT2D eigenvalue weighted by Crippen LogP contribution is 2.29. The van der Waals surface area contributed by atoms with Gasteiger partial charge in [-0.05, 0) is 36.9 Å². The summed E-state index contributed by atoms with van der Waals surface area (Å²) < 4.78 is 6.56. The average Bonchev–Trinajstić information content (AvgIpc) is 2.69. The summed E-state index contributed by atoms with van der Waals surface area (Å²) >= 11 is 0. The summed E-state index contributed by atoms with van der Waals surface area (Å²) in [6, 6.07) is 23.2. The van der Waals surface area contributed by atoms with Crippen LogP contribution >= 0.6 is 0 Å². The molecular formula is C22H26N2O. The van der Waals surface area contributed by atoms with Crippen molar-refractivity contribution in [3.63, 3.8) is 0 Å². The van der Waals surface area contributed by atoms with Gasteiger partial charge in [0.05, 0.1) is 12.2 Å². The Kier molecular flexibility index (Phi) is 6.62. The zero-order valence-corrected chi connectivity index (χ0v) is 14.7. The monoisotopic (exact) mass is 334 g/mol. The van der Waals surface area contributed by atoms with Crippen molar-refractivity contribution in [3.05, 3.63) is 71.8 Å². The van der Waals surface area contributed by atoms with Gasteiger partial charge in [-0.25, -0.2) is 0 Å². The van der Waals surface area contributed by atoms with Gasteiger partial charge in [0.2, 0.25) is 0 Å². The Hall–Kier alpha value is -2.15. The van der Waals surface area contributed by atoms with Crippen LogP contribution in [0.3, 0.4) is 0 Å². The molecule has 3 heteroatoms. The van der Waals surface area contributed by atoms with Gasteiger partial charge in [0, 0.05) is 19.5 Å². The molecule has 25 heavy (non-hydrogen) atoms. The van der Waals surface area contributed by atoms with Crippen LogP contribution in [0, 0.1) is 11.3 Å². The fourth-order valence-electron chi connectivity index (χ4n) is 3.45. The molecule has 1 aliphatic heterocycles. The third-order valence-corrected chi connectivity index (χ3v) is 4.83. The number of ether oxygens (including phenoxy) is 1. The molecule has 0 spiro atoms. The van der Waals surface area contributed by atoms with Gasteiger partial charge in [-0.3, -0.25) is 0 Å². The number of piperidine rings is 1. The fraction of sp³-hybridized carbons (Fsp3) is 0.409. The van der Waals surface area contributed by atoms with Crippen molar-refractivity contribution >= 4 is 0 Å². The molecule has 0 bridgehead atoms. The van der Waals surface area contributed by atoms with Crippen molar-refractivity contribution in [2.24, 2.45) is 0 Å². The molecule has 3 nitrogen and oxygen atoms in total. The van der Waals surface area contributed by atoms with Crippen LogP contribution in [0.1, 0.15) is 42.9 Å². The third-order valence-electron chi connectivity index (χ3n) is 4.83. The van der Waals surface area contributed by atoms with Crippen LogP contribution in [-0.2, 0) is 4.74 Å². The second kappa shape index (κ2) is 9.36. The summed E-state index contributed by atoms with van der Waals surface area (Å²) in [5, 5.41) is 8.66. The predicted octanol–water partition coefficient (Wildman–Crippen LogP) is 4.56. The summed E-state index contributed by atoms with van der Waals surface area (Å²) in [5.41, 5.74) is 2.43. The van der Waals surface area contributed by atoms with Crippen LogP contribution in [0.25, 0.3) is 0 Å². The van der Waals surface area contributed by atoms with Gasteiger partial charge in [0.15, 0.2) is 0 Å². The van der Waals surface area contributed by atoms with Gasteiger partial charge in [-0.1, -0.05) is 60.7 Å². The smallest absolute Gasteiger partial charge is 0.108 e.